The second kappa shape index (κ2) is 12.5. The molecule has 2 fully saturated rings. The van der Waals surface area contributed by atoms with Gasteiger partial charge in [0.1, 0.15) is 12.1 Å². The summed E-state index contributed by atoms with van der Waals surface area (Å²) in [6.07, 6.45) is 10.8. The summed E-state index contributed by atoms with van der Waals surface area (Å²) >= 11 is 0. The molecule has 2 aliphatic carbocycles. The Kier molecular flexibility index (Phi) is 8.14. The molecule has 4 aromatic rings. The number of hydrogen-bond acceptors (Lipinski definition) is 5. The van der Waals surface area contributed by atoms with E-state index in [4.69, 9.17) is 0 Å². The molecular formula is C38H37N4O5-. The first kappa shape index (κ1) is 30.5. The van der Waals surface area contributed by atoms with Crippen molar-refractivity contribution in [3.8, 4) is 11.3 Å². The van der Waals surface area contributed by atoms with Gasteiger partial charge in [0.15, 0.2) is 0 Å². The van der Waals surface area contributed by atoms with E-state index in [1.807, 2.05) is 36.4 Å². The monoisotopic (exact) mass is 629 g/mol. The number of aliphatic carboxylic acids is 1. The zero-order valence-corrected chi connectivity index (χ0v) is 26.1. The van der Waals surface area contributed by atoms with E-state index in [1.54, 1.807) is 24.3 Å². The smallest absolute Gasteiger partial charge is 0.252 e. The third-order valence-corrected chi connectivity index (χ3v) is 9.96. The van der Waals surface area contributed by atoms with E-state index in [2.05, 4.69) is 26.6 Å². The Bertz CT molecular complexity index is 1910. The number of carboxylic acids is 1. The zero-order valence-electron chi connectivity index (χ0n) is 26.1. The van der Waals surface area contributed by atoms with Crippen LogP contribution in [0.15, 0.2) is 72.8 Å². The lowest BCUT2D eigenvalue weighted by Crippen LogP contribution is -2.55. The standard InChI is InChI=1S/C38H38N4O5/c43-32-23-42-31-22-26(15-18-29(31)34(25-8-2-1-3-9-25)35(42)28-10-4-5-11-30(28)40-32)36(46)41-38(20-6-7-21-38)37(47)39-27-16-12-24(13-17-27)14-19-33(44)45/h4-5,10-19,22,25H,1-3,6-9,20-21,23H2,(H,39,47)(H,40,43)(H,41,46)(H,44,45)/p-1/b19-14+. The summed E-state index contributed by atoms with van der Waals surface area (Å²) in [4.78, 5) is 51.5. The van der Waals surface area contributed by atoms with Crippen molar-refractivity contribution in [2.24, 2.45) is 0 Å². The van der Waals surface area contributed by atoms with Gasteiger partial charge < -0.3 is 30.4 Å². The molecule has 1 aliphatic heterocycles. The summed E-state index contributed by atoms with van der Waals surface area (Å²) in [5, 5.41) is 20.9. The number of nitrogens with one attached hydrogen (secondary N) is 3. The number of nitrogens with zero attached hydrogens (tertiary/aromatic N) is 1. The summed E-state index contributed by atoms with van der Waals surface area (Å²) in [5.41, 5.74) is 5.51. The maximum atomic E-state index is 13.9. The Morgan fingerprint density at radius 2 is 1.66 bits per heavy atom. The normalized spacial score (nSPS) is 17.5. The van der Waals surface area contributed by atoms with Gasteiger partial charge in [-0.1, -0.05) is 74.6 Å². The maximum Gasteiger partial charge on any atom is 0.252 e. The minimum absolute atomic E-state index is 0.109. The molecule has 9 heteroatoms. The molecule has 9 nitrogen and oxygen atoms in total. The first-order valence-corrected chi connectivity index (χ1v) is 16.5. The molecule has 47 heavy (non-hydrogen) atoms. The van der Waals surface area contributed by atoms with Crippen LogP contribution in [0.4, 0.5) is 11.4 Å². The molecule has 3 aliphatic rings. The second-order valence-corrected chi connectivity index (χ2v) is 13.0. The van der Waals surface area contributed by atoms with Crippen LogP contribution in [-0.4, -0.2) is 33.8 Å². The number of carbonyl (C=O) groups is 4. The highest BCUT2D eigenvalue weighted by atomic mass is 16.4. The number of fused-ring (bicyclic) bond motifs is 5. The van der Waals surface area contributed by atoms with E-state index in [0.717, 1.165) is 59.6 Å². The van der Waals surface area contributed by atoms with Crippen molar-refractivity contribution in [3.05, 3.63) is 89.5 Å². The van der Waals surface area contributed by atoms with Crippen molar-refractivity contribution < 1.29 is 24.3 Å². The van der Waals surface area contributed by atoms with Crippen LogP contribution in [0.5, 0.6) is 0 Å². The zero-order chi connectivity index (χ0) is 32.5. The Morgan fingerprint density at radius 3 is 2.40 bits per heavy atom. The largest absolute Gasteiger partial charge is 0.545 e. The molecule has 0 atom stereocenters. The lowest BCUT2D eigenvalue weighted by molar-refractivity contribution is -0.297. The van der Waals surface area contributed by atoms with Crippen LogP contribution >= 0.6 is 0 Å². The first-order chi connectivity index (χ1) is 22.8. The van der Waals surface area contributed by atoms with Gasteiger partial charge in [-0.2, -0.15) is 0 Å². The van der Waals surface area contributed by atoms with Gasteiger partial charge in [0.05, 0.1) is 22.9 Å². The van der Waals surface area contributed by atoms with Gasteiger partial charge in [-0.15, -0.1) is 0 Å². The molecule has 0 radical (unpaired) electrons. The number of aromatic nitrogens is 1. The average molecular weight is 630 g/mol. The second-order valence-electron chi connectivity index (χ2n) is 13.0. The van der Waals surface area contributed by atoms with Crippen molar-refractivity contribution in [3.63, 3.8) is 0 Å². The highest BCUT2D eigenvalue weighted by molar-refractivity contribution is 6.07. The van der Waals surface area contributed by atoms with E-state index in [1.165, 1.54) is 30.9 Å². The Labute approximate surface area is 273 Å². The van der Waals surface area contributed by atoms with Crippen LogP contribution in [0.25, 0.3) is 28.2 Å². The highest BCUT2D eigenvalue weighted by Gasteiger charge is 2.43. The van der Waals surface area contributed by atoms with Gasteiger partial charge in [0.2, 0.25) is 11.8 Å². The molecule has 0 unspecified atom stereocenters. The van der Waals surface area contributed by atoms with Crippen LogP contribution in [0.3, 0.4) is 0 Å². The van der Waals surface area contributed by atoms with Crippen LogP contribution < -0.4 is 21.1 Å². The lowest BCUT2D eigenvalue weighted by atomic mass is 9.81. The number of carbonyl (C=O) groups excluding carboxylic acids is 4. The summed E-state index contributed by atoms with van der Waals surface area (Å²) < 4.78 is 2.07. The number of para-hydroxylation sites is 1. The molecule has 3 N–H and O–H groups in total. The Morgan fingerprint density at radius 1 is 0.915 bits per heavy atom. The van der Waals surface area contributed by atoms with Gasteiger partial charge in [-0.05, 0) is 79.1 Å². The predicted octanol–water partition coefficient (Wildman–Crippen LogP) is 5.75. The maximum absolute atomic E-state index is 13.9. The number of hydrogen-bond donors (Lipinski definition) is 3. The summed E-state index contributed by atoms with van der Waals surface area (Å²) in [6.45, 7) is 0.145. The van der Waals surface area contributed by atoms with Crippen LogP contribution in [0, 0.1) is 0 Å². The van der Waals surface area contributed by atoms with E-state index >= 15 is 0 Å². The fourth-order valence-corrected chi connectivity index (χ4v) is 7.68. The molecule has 3 aromatic carbocycles. The third-order valence-electron chi connectivity index (χ3n) is 9.96. The molecule has 0 saturated heterocycles. The predicted molar refractivity (Wildman–Crippen MR) is 180 cm³/mol. The van der Waals surface area contributed by atoms with Gasteiger partial charge in [0.25, 0.3) is 5.91 Å². The topological polar surface area (TPSA) is 132 Å². The first-order valence-electron chi connectivity index (χ1n) is 16.5. The fourth-order valence-electron chi connectivity index (χ4n) is 7.68. The Balaban J connectivity index is 1.21. The molecule has 2 heterocycles. The number of amides is 3. The van der Waals surface area contributed by atoms with E-state index in [-0.39, 0.29) is 24.3 Å². The van der Waals surface area contributed by atoms with E-state index in [0.29, 0.717) is 35.6 Å². The lowest BCUT2D eigenvalue weighted by Gasteiger charge is -2.29. The minimum atomic E-state index is -1.28. The molecule has 3 amide bonds. The van der Waals surface area contributed by atoms with E-state index < -0.39 is 11.5 Å². The van der Waals surface area contributed by atoms with E-state index in [9.17, 15) is 24.3 Å². The molecule has 7 rings (SSSR count). The molecular weight excluding hydrogens is 592 g/mol. The number of rotatable bonds is 7. The molecule has 0 spiro atoms. The third kappa shape index (κ3) is 5.93. The van der Waals surface area contributed by atoms with Crippen molar-refractivity contribution in [1.82, 2.24) is 9.88 Å². The van der Waals surface area contributed by atoms with Gasteiger partial charge in [-0.3, -0.25) is 14.4 Å². The van der Waals surface area contributed by atoms with Gasteiger partial charge in [-0.25, -0.2) is 0 Å². The van der Waals surface area contributed by atoms with Gasteiger partial charge in [0, 0.05) is 22.2 Å². The minimum Gasteiger partial charge on any atom is -0.545 e. The SMILES string of the molecule is O=C([O-])/C=C/c1ccc(NC(=O)C2(NC(=O)c3ccc4c(C5CCCCC5)c5n(c4c3)CC(=O)Nc3ccccc3-5)CCCC2)cc1. The Hall–Kier alpha value is -5.18. The fraction of sp³-hybridized carbons (Fsp3) is 0.316. The molecule has 1 aromatic heterocycles. The summed E-state index contributed by atoms with van der Waals surface area (Å²) in [7, 11) is 0. The quantitative estimate of drug-likeness (QED) is 0.224. The molecule has 0 bridgehead atoms. The molecule has 240 valence electrons. The van der Waals surface area contributed by atoms with Crippen LogP contribution in [0.1, 0.15) is 85.2 Å². The number of anilines is 2. The van der Waals surface area contributed by atoms with Crippen LogP contribution in [0.2, 0.25) is 0 Å². The van der Waals surface area contributed by atoms with Crippen molar-refractivity contribution in [1.29, 1.82) is 0 Å². The van der Waals surface area contributed by atoms with Gasteiger partial charge >= 0.3 is 0 Å². The van der Waals surface area contributed by atoms with Crippen molar-refractivity contribution in [2.75, 3.05) is 10.6 Å². The molecule has 2 saturated carbocycles. The average Bonchev–Trinajstić information content (AvgIpc) is 3.64. The summed E-state index contributed by atoms with van der Waals surface area (Å²) in [6, 6.07) is 20.5. The number of benzene rings is 3. The van der Waals surface area contributed by atoms with Crippen molar-refractivity contribution >= 4 is 52.0 Å². The van der Waals surface area contributed by atoms with Crippen molar-refractivity contribution in [2.45, 2.75) is 75.8 Å². The summed E-state index contributed by atoms with van der Waals surface area (Å²) in [5.74, 6) is -1.64. The van der Waals surface area contributed by atoms with Crippen LogP contribution in [-0.2, 0) is 20.9 Å². The number of carboxylic acid groups (broad SMARTS) is 1. The highest BCUT2D eigenvalue weighted by Crippen LogP contribution is 2.46.